The number of thiazole rings is 1. The highest BCUT2D eigenvalue weighted by molar-refractivity contribution is 7.13. The Kier molecular flexibility index (Phi) is 5.30. The molecule has 2 aromatic carbocycles. The zero-order chi connectivity index (χ0) is 17.6. The topological polar surface area (TPSA) is 60.5 Å². The van der Waals surface area contributed by atoms with Gasteiger partial charge in [0, 0.05) is 22.7 Å². The Morgan fingerprint density at radius 2 is 1.84 bits per heavy atom. The highest BCUT2D eigenvalue weighted by Crippen LogP contribution is 2.30. The first kappa shape index (κ1) is 17.0. The maximum atomic E-state index is 12.3. The third-order valence-corrected chi connectivity index (χ3v) is 4.52. The molecule has 1 N–H and O–H groups in total. The molecule has 5 nitrogen and oxygen atoms in total. The predicted octanol–water partition coefficient (Wildman–Crippen LogP) is 4.01. The lowest BCUT2D eigenvalue weighted by Gasteiger charge is -2.10. The summed E-state index contributed by atoms with van der Waals surface area (Å²) < 4.78 is 10.4. The van der Waals surface area contributed by atoms with Crippen LogP contribution in [0.2, 0.25) is 0 Å². The van der Waals surface area contributed by atoms with Crippen LogP contribution in [0.4, 0.5) is 5.69 Å². The lowest BCUT2D eigenvalue weighted by Crippen LogP contribution is -2.14. The second-order valence-corrected chi connectivity index (χ2v) is 6.16. The molecule has 0 saturated heterocycles. The minimum absolute atomic E-state index is 0.128. The number of rotatable bonds is 6. The van der Waals surface area contributed by atoms with Gasteiger partial charge in [0.25, 0.3) is 0 Å². The number of nitrogens with zero attached hydrogens (tertiary/aromatic N) is 1. The Morgan fingerprint density at radius 3 is 2.56 bits per heavy atom. The molecule has 25 heavy (non-hydrogen) atoms. The molecule has 0 aliphatic rings. The van der Waals surface area contributed by atoms with E-state index in [2.05, 4.69) is 10.3 Å². The number of nitrogens with one attached hydrogen (secondary N) is 1. The zero-order valence-electron chi connectivity index (χ0n) is 14.0. The molecule has 3 aromatic rings. The summed E-state index contributed by atoms with van der Waals surface area (Å²) in [5, 5.41) is 5.68. The molecule has 0 aliphatic carbocycles. The van der Waals surface area contributed by atoms with Crippen molar-refractivity contribution in [1.82, 2.24) is 4.98 Å². The summed E-state index contributed by atoms with van der Waals surface area (Å²) in [6.07, 6.45) is 0.220. The average Bonchev–Trinajstić information content (AvgIpc) is 3.10. The normalized spacial score (nSPS) is 10.3. The Bertz CT molecular complexity index is 862. The van der Waals surface area contributed by atoms with E-state index in [4.69, 9.17) is 9.47 Å². The maximum absolute atomic E-state index is 12.3. The highest BCUT2D eigenvalue weighted by Gasteiger charge is 2.11. The number of methoxy groups -OCH3 is 2. The molecular formula is C19H18N2O3S. The molecule has 6 heteroatoms. The molecule has 0 spiro atoms. The number of ether oxygens (including phenoxy) is 2. The van der Waals surface area contributed by atoms with E-state index in [1.165, 1.54) is 11.3 Å². The molecular weight excluding hydrogens is 336 g/mol. The van der Waals surface area contributed by atoms with E-state index in [0.29, 0.717) is 17.2 Å². The number of benzene rings is 2. The molecule has 3 rings (SSSR count). The maximum Gasteiger partial charge on any atom is 0.230 e. The molecule has 0 radical (unpaired) electrons. The van der Waals surface area contributed by atoms with E-state index in [1.54, 1.807) is 32.4 Å². The van der Waals surface area contributed by atoms with Crippen LogP contribution < -0.4 is 14.8 Å². The number of anilines is 1. The zero-order valence-corrected chi connectivity index (χ0v) is 14.8. The Morgan fingerprint density at radius 1 is 1.08 bits per heavy atom. The van der Waals surface area contributed by atoms with Crippen LogP contribution in [0.25, 0.3) is 10.6 Å². The van der Waals surface area contributed by atoms with Gasteiger partial charge >= 0.3 is 0 Å². The summed E-state index contributed by atoms with van der Waals surface area (Å²) >= 11 is 1.53. The van der Waals surface area contributed by atoms with Gasteiger partial charge in [0.05, 0.1) is 26.3 Å². The van der Waals surface area contributed by atoms with Crippen LogP contribution >= 0.6 is 11.3 Å². The van der Waals surface area contributed by atoms with Gasteiger partial charge in [-0.1, -0.05) is 30.3 Å². The lowest BCUT2D eigenvalue weighted by atomic mass is 10.2. The van der Waals surface area contributed by atoms with Crippen LogP contribution in [0, 0.1) is 0 Å². The first-order valence-electron chi connectivity index (χ1n) is 7.71. The number of hydrogen-bond donors (Lipinski definition) is 1. The van der Waals surface area contributed by atoms with Crippen LogP contribution in [0.1, 0.15) is 5.69 Å². The van der Waals surface area contributed by atoms with Crippen molar-refractivity contribution in [3.63, 3.8) is 0 Å². The lowest BCUT2D eigenvalue weighted by molar-refractivity contribution is -0.115. The number of amides is 1. The molecule has 0 aliphatic heterocycles. The second-order valence-electron chi connectivity index (χ2n) is 5.30. The van der Waals surface area contributed by atoms with Gasteiger partial charge < -0.3 is 14.8 Å². The predicted molar refractivity (Wildman–Crippen MR) is 99.4 cm³/mol. The van der Waals surface area contributed by atoms with Crippen LogP contribution in [-0.2, 0) is 11.2 Å². The largest absolute Gasteiger partial charge is 0.493 e. The van der Waals surface area contributed by atoms with Crippen LogP contribution in [0.15, 0.2) is 53.9 Å². The Balaban J connectivity index is 1.66. The number of carbonyl (C=O) groups excluding carboxylic acids is 1. The van der Waals surface area contributed by atoms with E-state index in [9.17, 15) is 4.79 Å². The van der Waals surface area contributed by atoms with Crippen molar-refractivity contribution in [3.8, 4) is 22.1 Å². The fourth-order valence-corrected chi connectivity index (χ4v) is 3.21. The summed E-state index contributed by atoms with van der Waals surface area (Å²) in [6.45, 7) is 0. The van der Waals surface area contributed by atoms with Gasteiger partial charge in [-0.2, -0.15) is 0 Å². The van der Waals surface area contributed by atoms with Crippen molar-refractivity contribution in [2.24, 2.45) is 0 Å². The van der Waals surface area contributed by atoms with E-state index in [0.717, 1.165) is 16.3 Å². The van der Waals surface area contributed by atoms with Crippen LogP contribution in [0.3, 0.4) is 0 Å². The number of hydrogen-bond acceptors (Lipinski definition) is 5. The fraction of sp³-hybridized carbons (Fsp3) is 0.158. The van der Waals surface area contributed by atoms with Crippen molar-refractivity contribution in [3.05, 3.63) is 59.6 Å². The van der Waals surface area contributed by atoms with Crippen LogP contribution in [-0.4, -0.2) is 25.1 Å². The van der Waals surface area contributed by atoms with Crippen molar-refractivity contribution in [2.75, 3.05) is 19.5 Å². The molecule has 0 fully saturated rings. The second kappa shape index (κ2) is 7.81. The van der Waals surface area contributed by atoms with E-state index >= 15 is 0 Å². The third-order valence-electron chi connectivity index (χ3n) is 3.58. The molecule has 0 bridgehead atoms. The molecule has 0 unspecified atom stereocenters. The minimum atomic E-state index is -0.128. The quantitative estimate of drug-likeness (QED) is 0.727. The summed E-state index contributed by atoms with van der Waals surface area (Å²) in [7, 11) is 3.13. The molecule has 0 saturated carbocycles. The smallest absolute Gasteiger partial charge is 0.230 e. The summed E-state index contributed by atoms with van der Waals surface area (Å²) in [6, 6.07) is 15.2. The van der Waals surface area contributed by atoms with E-state index in [1.807, 2.05) is 35.7 Å². The Labute approximate surface area is 150 Å². The first-order chi connectivity index (χ1) is 12.2. The molecule has 128 valence electrons. The van der Waals surface area contributed by atoms with Gasteiger partial charge in [0.2, 0.25) is 5.91 Å². The molecule has 0 atom stereocenters. The SMILES string of the molecule is COc1ccc(NC(=O)Cc2csc(-c3ccccc3)n2)cc1OC. The average molecular weight is 354 g/mol. The van der Waals surface area contributed by atoms with Crippen molar-refractivity contribution in [2.45, 2.75) is 6.42 Å². The van der Waals surface area contributed by atoms with Crippen LogP contribution in [0.5, 0.6) is 11.5 Å². The van der Waals surface area contributed by atoms with Gasteiger partial charge in [-0.3, -0.25) is 4.79 Å². The Hall–Kier alpha value is -2.86. The highest BCUT2D eigenvalue weighted by atomic mass is 32.1. The molecule has 1 heterocycles. The molecule has 1 aromatic heterocycles. The number of carbonyl (C=O) groups is 1. The minimum Gasteiger partial charge on any atom is -0.493 e. The van der Waals surface area contributed by atoms with Crippen molar-refractivity contribution >= 4 is 22.9 Å². The third kappa shape index (κ3) is 4.16. The van der Waals surface area contributed by atoms with Gasteiger partial charge in [-0.25, -0.2) is 4.98 Å². The standard InChI is InChI=1S/C19H18N2O3S/c1-23-16-9-8-14(10-17(16)24-2)20-18(22)11-15-12-25-19(21-15)13-6-4-3-5-7-13/h3-10,12H,11H2,1-2H3,(H,20,22). The summed E-state index contributed by atoms with van der Waals surface area (Å²) in [5.74, 6) is 1.06. The van der Waals surface area contributed by atoms with Gasteiger partial charge in [0.1, 0.15) is 5.01 Å². The van der Waals surface area contributed by atoms with Gasteiger partial charge in [-0.15, -0.1) is 11.3 Å². The van der Waals surface area contributed by atoms with E-state index < -0.39 is 0 Å². The fourth-order valence-electron chi connectivity index (χ4n) is 2.39. The van der Waals surface area contributed by atoms with Crippen molar-refractivity contribution in [1.29, 1.82) is 0 Å². The first-order valence-corrected chi connectivity index (χ1v) is 8.59. The van der Waals surface area contributed by atoms with E-state index in [-0.39, 0.29) is 12.3 Å². The summed E-state index contributed by atoms with van der Waals surface area (Å²) in [5.41, 5.74) is 2.46. The number of aromatic nitrogens is 1. The van der Waals surface area contributed by atoms with Gasteiger partial charge in [0.15, 0.2) is 11.5 Å². The molecule has 1 amide bonds. The monoisotopic (exact) mass is 354 g/mol. The van der Waals surface area contributed by atoms with Gasteiger partial charge in [-0.05, 0) is 12.1 Å². The van der Waals surface area contributed by atoms with Crippen molar-refractivity contribution < 1.29 is 14.3 Å². The summed E-state index contributed by atoms with van der Waals surface area (Å²) in [4.78, 5) is 16.8.